The number of ether oxygens (including phenoxy) is 1. The molecule has 0 saturated carbocycles. The molecule has 0 atom stereocenters. The summed E-state index contributed by atoms with van der Waals surface area (Å²) in [6.45, 7) is 15.7. The summed E-state index contributed by atoms with van der Waals surface area (Å²) in [6.07, 6.45) is 1.32. The van der Waals surface area contributed by atoms with Crippen molar-refractivity contribution in [3.8, 4) is 0 Å². The first-order valence-corrected chi connectivity index (χ1v) is 15.2. The third-order valence-corrected chi connectivity index (χ3v) is 4.38. The molecule has 2 rings (SSSR count). The zero-order chi connectivity index (χ0) is 40.8. The molecule has 0 fully saturated rings. The number of carbonyl (C=O) groups is 5. The van der Waals surface area contributed by atoms with E-state index in [2.05, 4.69) is 60.1 Å². The molecule has 0 aliphatic rings. The van der Waals surface area contributed by atoms with E-state index in [0.717, 1.165) is 32.4 Å². The molecular formula is C32H50BN9NaO9. The summed E-state index contributed by atoms with van der Waals surface area (Å²) in [5, 5.41) is 12.8. The van der Waals surface area contributed by atoms with E-state index in [9.17, 15) is 24.0 Å². The van der Waals surface area contributed by atoms with Crippen molar-refractivity contribution in [2.45, 2.75) is 80.9 Å². The third kappa shape index (κ3) is 41.6. The van der Waals surface area contributed by atoms with Gasteiger partial charge < -0.3 is 33.8 Å². The smallest absolute Gasteiger partial charge is 0.793 e. The molecule has 0 bridgehead atoms. The van der Waals surface area contributed by atoms with Crippen LogP contribution in [0.4, 0.5) is 16.2 Å². The summed E-state index contributed by atoms with van der Waals surface area (Å²) in [4.78, 5) is 63.9. The Balaban J connectivity index is -0.000000201. The van der Waals surface area contributed by atoms with Crippen LogP contribution in [0.3, 0.4) is 0 Å². The van der Waals surface area contributed by atoms with Crippen LogP contribution in [0.15, 0.2) is 58.8 Å². The Morgan fingerprint density at radius 1 is 0.923 bits per heavy atom. The fraction of sp³-hybridized carbons (Fsp3) is 0.469. The van der Waals surface area contributed by atoms with Gasteiger partial charge in [-0.3, -0.25) is 9.59 Å². The van der Waals surface area contributed by atoms with Crippen molar-refractivity contribution in [2.24, 2.45) is 16.0 Å². The molecule has 0 aliphatic heterocycles. The van der Waals surface area contributed by atoms with Gasteiger partial charge in [0.15, 0.2) is 6.29 Å². The maximum atomic E-state index is 11.4. The normalized spacial score (nSPS) is 8.85. The molecular weight excluding hydrogens is 688 g/mol. The van der Waals surface area contributed by atoms with Gasteiger partial charge in [0.1, 0.15) is 5.60 Å². The number of amides is 1. The minimum Gasteiger partial charge on any atom is -0.793 e. The van der Waals surface area contributed by atoms with Gasteiger partial charge in [-0.05, 0) is 50.4 Å². The molecule has 0 aliphatic carbocycles. The summed E-state index contributed by atoms with van der Waals surface area (Å²) in [5.41, 5.74) is 23.4. The van der Waals surface area contributed by atoms with E-state index in [1.807, 2.05) is 39.0 Å². The molecule has 0 spiro atoms. The van der Waals surface area contributed by atoms with Crippen molar-refractivity contribution in [1.29, 1.82) is 0 Å². The van der Waals surface area contributed by atoms with Crippen LogP contribution in [-0.2, 0) is 40.1 Å². The van der Waals surface area contributed by atoms with Gasteiger partial charge in [-0.1, -0.05) is 79.5 Å². The van der Waals surface area contributed by atoms with E-state index < -0.39 is 29.6 Å². The number of nitrogens with zero attached hydrogens (tertiary/aromatic N) is 6. The van der Waals surface area contributed by atoms with Crippen LogP contribution in [0.5, 0.6) is 0 Å². The Labute approximate surface area is 330 Å². The second kappa shape index (κ2) is 39.2. The number of alkyl carbamates (subject to hydrolysis) is 1. The zero-order valence-corrected chi connectivity index (χ0v) is 33.5. The minimum atomic E-state index is -0.639. The molecule has 0 saturated heterocycles. The monoisotopic (exact) mass is 739 g/mol. The molecule has 2 aromatic carbocycles. The minimum absolute atomic E-state index is 0. The quantitative estimate of drug-likeness (QED) is 0.0487. The third-order valence-electron chi connectivity index (χ3n) is 4.38. The second-order valence-electron chi connectivity index (χ2n) is 9.84. The first kappa shape index (κ1) is 54.2. The van der Waals surface area contributed by atoms with E-state index in [1.165, 1.54) is 6.92 Å². The van der Waals surface area contributed by atoms with E-state index in [-0.39, 0.29) is 29.6 Å². The number of carbonyl (C=O) groups excluding carboxylic acids is 5. The predicted octanol–water partition coefficient (Wildman–Crippen LogP) is 3.73. The number of azide groups is 2. The summed E-state index contributed by atoms with van der Waals surface area (Å²) in [7, 11) is 4.32. The van der Waals surface area contributed by atoms with Crippen molar-refractivity contribution < 1.29 is 74.1 Å². The zero-order valence-electron chi connectivity index (χ0n) is 32.5. The summed E-state index contributed by atoms with van der Waals surface area (Å²) < 4.78 is 14.9. The van der Waals surface area contributed by atoms with Crippen LogP contribution in [0.25, 0.3) is 20.9 Å². The average Bonchev–Trinajstić information content (AvgIpc) is 3.09. The van der Waals surface area contributed by atoms with Gasteiger partial charge in [-0.15, -0.1) is 0 Å². The van der Waals surface area contributed by atoms with Gasteiger partial charge in [0.2, 0.25) is 5.97 Å². The van der Waals surface area contributed by atoms with Crippen LogP contribution in [0.1, 0.15) is 86.0 Å². The van der Waals surface area contributed by atoms with Gasteiger partial charge >= 0.3 is 47.6 Å². The molecule has 0 aromatic heterocycles. The second-order valence-corrected chi connectivity index (χ2v) is 9.84. The van der Waals surface area contributed by atoms with Crippen LogP contribution >= 0.6 is 0 Å². The number of nitrogens with two attached hydrogens (primary N) is 1. The van der Waals surface area contributed by atoms with Gasteiger partial charge in [0, 0.05) is 68.5 Å². The Morgan fingerprint density at radius 2 is 1.37 bits per heavy atom. The molecule has 0 unspecified atom stereocenters. The van der Waals surface area contributed by atoms with Crippen molar-refractivity contribution in [2.75, 3.05) is 19.6 Å². The molecule has 2 aromatic rings. The standard InChI is InChI=1S/C14H21N5O2.C7H5N3O.C4H6O4.C3H9N.C2H3BO2.C2H6.Na/c1-14(2,3)21-13(20)17-9-8-16-10-11-6-4-5-7-12(11)18-19-15;8-10-9-7-4-2-1-3-6(7)5-11;1-3(5)7-8-4(2)6;1-2-3-4;1-2(4)5-3;1-2;/h4-7,16H,8-10H2,1-3H3,(H,17,20);1-5H;1-2H3;2-4H2,1H3;1H3;1-2H3;/q;;;;-1;;+1/i;;;;;1D;. The van der Waals surface area contributed by atoms with E-state index in [0.29, 0.717) is 49.8 Å². The van der Waals surface area contributed by atoms with Gasteiger partial charge in [-0.25, -0.2) is 24.2 Å². The van der Waals surface area contributed by atoms with Crippen LogP contribution in [0, 0.1) is 0 Å². The summed E-state index contributed by atoms with van der Waals surface area (Å²) in [5.74, 6) is -1.74. The molecule has 20 heteroatoms. The van der Waals surface area contributed by atoms with Gasteiger partial charge in [0.25, 0.3) is 0 Å². The maximum absolute atomic E-state index is 11.4. The molecule has 0 heterocycles. The van der Waals surface area contributed by atoms with Crippen molar-refractivity contribution >= 4 is 49.7 Å². The van der Waals surface area contributed by atoms with Crippen molar-refractivity contribution in [1.82, 2.24) is 10.6 Å². The fourth-order valence-electron chi connectivity index (χ4n) is 2.44. The molecule has 52 heavy (non-hydrogen) atoms. The molecule has 1 amide bonds. The van der Waals surface area contributed by atoms with Crippen molar-refractivity contribution in [3.05, 3.63) is 80.5 Å². The first-order chi connectivity index (χ1) is 24.5. The van der Waals surface area contributed by atoms with E-state index >= 15 is 0 Å². The average molecular weight is 740 g/mol. The van der Waals surface area contributed by atoms with E-state index in [1.54, 1.807) is 37.3 Å². The fourth-order valence-corrected chi connectivity index (χ4v) is 2.44. The Morgan fingerprint density at radius 3 is 1.77 bits per heavy atom. The number of hydrogen-bond acceptors (Lipinski definition) is 13. The Hall–Kier alpha value is -4.61. The van der Waals surface area contributed by atoms with Gasteiger partial charge in [0.05, 0.1) is 0 Å². The van der Waals surface area contributed by atoms with Crippen LogP contribution in [-0.4, -0.2) is 63.6 Å². The topological polar surface area (TPSA) is 270 Å². The summed E-state index contributed by atoms with van der Waals surface area (Å²) in [6, 6.07) is 13.9. The molecule has 18 nitrogen and oxygen atoms in total. The van der Waals surface area contributed by atoms with Gasteiger partial charge in [-0.2, -0.15) is 0 Å². The van der Waals surface area contributed by atoms with Crippen LogP contribution < -0.4 is 45.9 Å². The summed E-state index contributed by atoms with van der Waals surface area (Å²) >= 11 is 0. The Bertz CT molecular complexity index is 1390. The predicted molar refractivity (Wildman–Crippen MR) is 194 cm³/mol. The number of aldehydes is 1. The molecule has 281 valence electrons. The van der Waals surface area contributed by atoms with Crippen molar-refractivity contribution in [3.63, 3.8) is 0 Å². The number of nitrogens with one attached hydrogen (secondary N) is 2. The Kier molecular flexibility index (Phi) is 40.8. The SMILES string of the molecule is CC(=O)OOC(C)=O.CC(C)(C)OC(=O)NCCNCc1ccccc1N=[N+]=[N-].CCCN.[2H]CC.[B-]OC(C)=O.[N-]=[N+]=Nc1ccccc1C=O.[Na+]. The van der Waals surface area contributed by atoms with Crippen LogP contribution in [0.2, 0.25) is 0 Å². The number of hydrogen-bond donors (Lipinski definition) is 3. The maximum Gasteiger partial charge on any atom is 1.00 e. The number of benzene rings is 2. The largest absolute Gasteiger partial charge is 1.00 e. The molecule has 3 radical (unpaired) electrons. The molecule has 4 N–H and O–H groups in total. The number of rotatable bonds is 9. The van der Waals surface area contributed by atoms with E-state index in [4.69, 9.17) is 22.9 Å². The first-order valence-electron chi connectivity index (χ1n) is 15.9.